The molecule has 0 fully saturated rings. The Bertz CT molecular complexity index is 395. The average Bonchev–Trinajstić information content (AvgIpc) is 2.41. The highest BCUT2D eigenvalue weighted by Crippen LogP contribution is 2.17. The molecule has 19 heavy (non-hydrogen) atoms. The van der Waals surface area contributed by atoms with E-state index in [1.165, 1.54) is 0 Å². The summed E-state index contributed by atoms with van der Waals surface area (Å²) in [5, 5.41) is 3.25. The Morgan fingerprint density at radius 3 is 2.84 bits per heavy atom. The second-order valence-corrected chi connectivity index (χ2v) is 4.57. The first-order valence-corrected chi connectivity index (χ1v) is 6.90. The van der Waals surface area contributed by atoms with Crippen LogP contribution in [0, 0.1) is 0 Å². The van der Waals surface area contributed by atoms with E-state index >= 15 is 0 Å². The lowest BCUT2D eigenvalue weighted by Gasteiger charge is -2.23. The van der Waals surface area contributed by atoms with Crippen LogP contribution in [0.1, 0.15) is 33.1 Å². The number of aromatic nitrogens is 1. The van der Waals surface area contributed by atoms with Gasteiger partial charge in [-0.15, -0.1) is 0 Å². The third-order valence-electron chi connectivity index (χ3n) is 2.79. The Morgan fingerprint density at radius 2 is 2.21 bits per heavy atom. The van der Waals surface area contributed by atoms with Gasteiger partial charge in [-0.3, -0.25) is 4.79 Å². The predicted molar refractivity (Wildman–Crippen MR) is 79.3 cm³/mol. The molecular formula is C14H24N4O. The van der Waals surface area contributed by atoms with Crippen molar-refractivity contribution in [2.75, 3.05) is 29.9 Å². The first-order chi connectivity index (χ1) is 9.17. The molecule has 1 aromatic heterocycles. The van der Waals surface area contributed by atoms with Crippen molar-refractivity contribution in [2.45, 2.75) is 33.1 Å². The second-order valence-electron chi connectivity index (χ2n) is 4.57. The molecule has 1 heterocycles. The fourth-order valence-corrected chi connectivity index (χ4v) is 1.80. The number of nitrogens with one attached hydrogen (secondary N) is 1. The van der Waals surface area contributed by atoms with Crippen LogP contribution in [0.25, 0.3) is 0 Å². The third-order valence-corrected chi connectivity index (χ3v) is 2.79. The molecule has 0 bridgehead atoms. The van der Waals surface area contributed by atoms with E-state index in [0.717, 1.165) is 43.9 Å². The van der Waals surface area contributed by atoms with Crippen molar-refractivity contribution in [1.82, 2.24) is 4.98 Å². The van der Waals surface area contributed by atoms with Gasteiger partial charge < -0.3 is 16.0 Å². The lowest BCUT2D eigenvalue weighted by molar-refractivity contribution is -0.116. The Balaban J connectivity index is 2.78. The van der Waals surface area contributed by atoms with Crippen LogP contribution >= 0.6 is 0 Å². The molecule has 0 atom stereocenters. The van der Waals surface area contributed by atoms with E-state index in [9.17, 15) is 4.79 Å². The van der Waals surface area contributed by atoms with Gasteiger partial charge in [0.05, 0.1) is 6.54 Å². The number of rotatable bonds is 9. The second kappa shape index (κ2) is 8.34. The summed E-state index contributed by atoms with van der Waals surface area (Å²) in [5.74, 6) is 0.529. The van der Waals surface area contributed by atoms with Crippen molar-refractivity contribution in [2.24, 2.45) is 5.73 Å². The zero-order valence-electron chi connectivity index (χ0n) is 11.9. The Labute approximate surface area is 115 Å². The number of nitrogens with two attached hydrogens (primary N) is 1. The van der Waals surface area contributed by atoms with Gasteiger partial charge in [-0.05, 0) is 18.9 Å². The van der Waals surface area contributed by atoms with Gasteiger partial charge in [0.15, 0.2) is 0 Å². The number of primary amides is 1. The number of nitrogens with zero attached hydrogens (tertiary/aromatic N) is 2. The maximum Gasteiger partial charge on any atom is 0.236 e. The summed E-state index contributed by atoms with van der Waals surface area (Å²) in [7, 11) is 0. The van der Waals surface area contributed by atoms with Gasteiger partial charge in [0, 0.05) is 31.0 Å². The molecule has 106 valence electrons. The first-order valence-electron chi connectivity index (χ1n) is 6.90. The number of unbranched alkanes of at least 4 members (excludes halogenated alkanes) is 1. The molecule has 0 spiro atoms. The van der Waals surface area contributed by atoms with Crippen molar-refractivity contribution in [3.05, 3.63) is 18.3 Å². The molecular weight excluding hydrogens is 240 g/mol. The van der Waals surface area contributed by atoms with E-state index in [4.69, 9.17) is 5.73 Å². The highest BCUT2D eigenvalue weighted by Gasteiger charge is 2.09. The minimum absolute atomic E-state index is 0.247. The minimum atomic E-state index is -0.309. The highest BCUT2D eigenvalue weighted by atomic mass is 16.1. The quantitative estimate of drug-likeness (QED) is 0.715. The van der Waals surface area contributed by atoms with Crippen LogP contribution < -0.4 is 16.0 Å². The van der Waals surface area contributed by atoms with E-state index in [-0.39, 0.29) is 12.5 Å². The zero-order chi connectivity index (χ0) is 14.1. The summed E-state index contributed by atoms with van der Waals surface area (Å²) in [5.41, 5.74) is 6.30. The summed E-state index contributed by atoms with van der Waals surface area (Å²) in [6, 6.07) is 3.88. The Hall–Kier alpha value is -1.78. The first kappa shape index (κ1) is 15.3. The SMILES string of the molecule is CCCCN(CC(N)=O)c1ccnc(NCCC)c1. The fourth-order valence-electron chi connectivity index (χ4n) is 1.80. The molecule has 0 aliphatic heterocycles. The largest absolute Gasteiger partial charge is 0.370 e. The van der Waals surface area contributed by atoms with Crippen molar-refractivity contribution in [3.8, 4) is 0 Å². The van der Waals surface area contributed by atoms with Crippen LogP contribution in [0.2, 0.25) is 0 Å². The molecule has 3 N–H and O–H groups in total. The number of carbonyl (C=O) groups excluding carboxylic acids is 1. The molecule has 5 heteroatoms. The molecule has 0 aromatic carbocycles. The maximum atomic E-state index is 11.2. The molecule has 0 aliphatic rings. The molecule has 1 aromatic rings. The van der Waals surface area contributed by atoms with Crippen molar-refractivity contribution in [1.29, 1.82) is 0 Å². The van der Waals surface area contributed by atoms with Crippen molar-refractivity contribution >= 4 is 17.4 Å². The third kappa shape index (κ3) is 5.59. The summed E-state index contributed by atoms with van der Waals surface area (Å²) in [4.78, 5) is 17.4. The van der Waals surface area contributed by atoms with E-state index in [0.29, 0.717) is 0 Å². The van der Waals surface area contributed by atoms with Gasteiger partial charge in [-0.1, -0.05) is 20.3 Å². The number of hydrogen-bond donors (Lipinski definition) is 2. The lowest BCUT2D eigenvalue weighted by atomic mass is 10.2. The minimum Gasteiger partial charge on any atom is -0.370 e. The van der Waals surface area contributed by atoms with E-state index in [1.807, 2.05) is 17.0 Å². The Kier molecular flexibility index (Phi) is 6.71. The molecule has 0 radical (unpaired) electrons. The van der Waals surface area contributed by atoms with E-state index in [2.05, 4.69) is 24.1 Å². The molecule has 1 amide bonds. The smallest absolute Gasteiger partial charge is 0.236 e. The van der Waals surface area contributed by atoms with Crippen molar-refractivity contribution < 1.29 is 4.79 Å². The number of pyridine rings is 1. The molecule has 5 nitrogen and oxygen atoms in total. The Morgan fingerprint density at radius 1 is 1.42 bits per heavy atom. The molecule has 0 aliphatic carbocycles. The fraction of sp³-hybridized carbons (Fsp3) is 0.571. The van der Waals surface area contributed by atoms with Crippen LogP contribution in [0.5, 0.6) is 0 Å². The number of carbonyl (C=O) groups is 1. The van der Waals surface area contributed by atoms with Gasteiger partial charge in [0.2, 0.25) is 5.91 Å². The van der Waals surface area contributed by atoms with E-state index < -0.39 is 0 Å². The topological polar surface area (TPSA) is 71.2 Å². The average molecular weight is 264 g/mol. The van der Waals surface area contributed by atoms with Gasteiger partial charge >= 0.3 is 0 Å². The van der Waals surface area contributed by atoms with E-state index in [1.54, 1.807) is 6.20 Å². The van der Waals surface area contributed by atoms with Gasteiger partial charge in [-0.2, -0.15) is 0 Å². The molecule has 0 saturated heterocycles. The number of hydrogen-bond acceptors (Lipinski definition) is 4. The van der Waals surface area contributed by atoms with Crippen molar-refractivity contribution in [3.63, 3.8) is 0 Å². The summed E-state index contributed by atoms with van der Waals surface area (Å²) in [6.45, 7) is 6.20. The monoisotopic (exact) mass is 264 g/mol. The lowest BCUT2D eigenvalue weighted by Crippen LogP contribution is -2.34. The summed E-state index contributed by atoms with van der Waals surface area (Å²) in [6.07, 6.45) is 4.93. The summed E-state index contributed by atoms with van der Waals surface area (Å²) >= 11 is 0. The highest BCUT2D eigenvalue weighted by molar-refractivity contribution is 5.79. The van der Waals surface area contributed by atoms with Gasteiger partial charge in [-0.25, -0.2) is 4.98 Å². The maximum absolute atomic E-state index is 11.2. The van der Waals surface area contributed by atoms with Crippen LogP contribution in [0.15, 0.2) is 18.3 Å². The standard InChI is InChI=1S/C14H24N4O/c1-3-5-9-18(11-13(15)19)12-6-8-17-14(10-12)16-7-4-2/h6,8,10H,3-5,7,9,11H2,1-2H3,(H2,15,19)(H,16,17). The zero-order valence-corrected chi connectivity index (χ0v) is 11.9. The van der Waals surface area contributed by atoms with Crippen LogP contribution in [-0.4, -0.2) is 30.5 Å². The van der Waals surface area contributed by atoms with Gasteiger partial charge in [0.1, 0.15) is 5.82 Å². The van der Waals surface area contributed by atoms with Crippen LogP contribution in [-0.2, 0) is 4.79 Å². The number of anilines is 2. The molecule has 0 saturated carbocycles. The van der Waals surface area contributed by atoms with Gasteiger partial charge in [0.25, 0.3) is 0 Å². The molecule has 1 rings (SSSR count). The van der Waals surface area contributed by atoms with Crippen LogP contribution in [0.3, 0.4) is 0 Å². The van der Waals surface area contributed by atoms with Crippen LogP contribution in [0.4, 0.5) is 11.5 Å². The number of amides is 1. The predicted octanol–water partition coefficient (Wildman–Crippen LogP) is 2.00. The normalized spacial score (nSPS) is 10.2. The molecule has 0 unspecified atom stereocenters. The summed E-state index contributed by atoms with van der Waals surface area (Å²) < 4.78 is 0.